The molecule has 0 spiro atoms. The summed E-state index contributed by atoms with van der Waals surface area (Å²) in [5, 5.41) is 0. The Morgan fingerprint density at radius 3 is 2.40 bits per heavy atom. The average molecular weight is 362 g/mol. The molecule has 0 fully saturated rings. The summed E-state index contributed by atoms with van der Waals surface area (Å²) in [6, 6.07) is 11.0. The number of aryl methyl sites for hydroxylation is 1. The van der Waals surface area contributed by atoms with Crippen molar-refractivity contribution < 1.29 is 26.9 Å². The molecule has 1 aliphatic rings. The highest BCUT2D eigenvalue weighted by Gasteiger charge is 2.21. The predicted octanol–water partition coefficient (Wildman–Crippen LogP) is 2.75. The second-order valence-electron chi connectivity index (χ2n) is 5.69. The fraction of sp³-hybridized carbons (Fsp3) is 0.278. The molecule has 1 aliphatic heterocycles. The Balaban J connectivity index is 1.74. The van der Waals surface area contributed by atoms with Gasteiger partial charge in [-0.05, 0) is 43.2 Å². The lowest BCUT2D eigenvalue weighted by molar-refractivity contribution is -0.116. The number of carbonyl (C=O) groups excluding carboxylic acids is 1. The summed E-state index contributed by atoms with van der Waals surface area (Å²) in [6.07, 6.45) is 1.07. The number of hydrogen-bond acceptors (Lipinski definition) is 6. The van der Waals surface area contributed by atoms with E-state index in [0.717, 1.165) is 5.56 Å². The molecule has 0 aromatic heterocycles. The zero-order valence-corrected chi connectivity index (χ0v) is 14.5. The second-order valence-corrected chi connectivity index (χ2v) is 7.24. The van der Waals surface area contributed by atoms with Gasteiger partial charge in [0.15, 0.2) is 11.5 Å². The molecule has 0 saturated carbocycles. The molecule has 7 heteroatoms. The van der Waals surface area contributed by atoms with Gasteiger partial charge in [-0.25, -0.2) is 0 Å². The maximum absolute atomic E-state index is 12.4. The molecule has 132 valence electrons. The van der Waals surface area contributed by atoms with E-state index >= 15 is 0 Å². The predicted molar refractivity (Wildman–Crippen MR) is 90.7 cm³/mol. The van der Waals surface area contributed by atoms with Crippen molar-refractivity contribution >= 4 is 15.9 Å². The Hall–Kier alpha value is -2.54. The smallest absolute Gasteiger partial charge is 0.339 e. The van der Waals surface area contributed by atoms with Crippen molar-refractivity contribution in [2.45, 2.75) is 24.7 Å². The monoisotopic (exact) mass is 362 g/mol. The van der Waals surface area contributed by atoms with Crippen LogP contribution in [0.25, 0.3) is 0 Å². The van der Waals surface area contributed by atoms with Gasteiger partial charge in [0.05, 0.1) is 0 Å². The van der Waals surface area contributed by atoms with E-state index < -0.39 is 10.1 Å². The van der Waals surface area contributed by atoms with Gasteiger partial charge in [-0.1, -0.05) is 12.1 Å². The first-order valence-electron chi connectivity index (χ1n) is 7.86. The van der Waals surface area contributed by atoms with E-state index in [-0.39, 0.29) is 16.4 Å². The van der Waals surface area contributed by atoms with Crippen molar-refractivity contribution in [2.75, 3.05) is 13.2 Å². The molecule has 2 aromatic rings. The van der Waals surface area contributed by atoms with Crippen LogP contribution in [0.15, 0.2) is 47.4 Å². The first kappa shape index (κ1) is 17.3. The molecule has 0 amide bonds. The first-order valence-corrected chi connectivity index (χ1v) is 9.27. The van der Waals surface area contributed by atoms with Gasteiger partial charge < -0.3 is 18.5 Å². The minimum atomic E-state index is -3.98. The van der Waals surface area contributed by atoms with E-state index in [1.807, 2.05) is 0 Å². The SMILES string of the molecule is CC(=O)CCc1ccc(OS(=O)(=O)c2ccc3c(c2)OCCO3)cc1. The van der Waals surface area contributed by atoms with E-state index in [1.165, 1.54) is 19.1 Å². The van der Waals surface area contributed by atoms with Gasteiger partial charge in [-0.15, -0.1) is 0 Å². The molecule has 0 unspecified atom stereocenters. The summed E-state index contributed by atoms with van der Waals surface area (Å²) in [5.74, 6) is 1.22. The molecule has 0 bridgehead atoms. The van der Waals surface area contributed by atoms with Gasteiger partial charge in [-0.3, -0.25) is 0 Å². The summed E-state index contributed by atoms with van der Waals surface area (Å²) in [6.45, 7) is 2.35. The van der Waals surface area contributed by atoms with Crippen LogP contribution in [0.2, 0.25) is 0 Å². The number of Topliss-reactive ketones (excluding diaryl/α,β-unsaturated/α-hetero) is 1. The zero-order valence-electron chi connectivity index (χ0n) is 13.7. The van der Waals surface area contributed by atoms with Crippen LogP contribution in [0.1, 0.15) is 18.9 Å². The van der Waals surface area contributed by atoms with Crippen LogP contribution < -0.4 is 13.7 Å². The molecule has 1 heterocycles. The van der Waals surface area contributed by atoms with Crippen molar-refractivity contribution in [1.82, 2.24) is 0 Å². The highest BCUT2D eigenvalue weighted by Crippen LogP contribution is 2.33. The van der Waals surface area contributed by atoms with Gasteiger partial charge >= 0.3 is 10.1 Å². The summed E-state index contributed by atoms with van der Waals surface area (Å²) in [7, 11) is -3.98. The molecule has 0 radical (unpaired) electrons. The van der Waals surface area contributed by atoms with Gasteiger partial charge in [0, 0.05) is 12.5 Å². The second kappa shape index (κ2) is 7.14. The Morgan fingerprint density at radius 2 is 1.72 bits per heavy atom. The van der Waals surface area contributed by atoms with Crippen molar-refractivity contribution in [1.29, 1.82) is 0 Å². The van der Waals surface area contributed by atoms with Crippen molar-refractivity contribution in [3.05, 3.63) is 48.0 Å². The minimum absolute atomic E-state index is 0.00240. The van der Waals surface area contributed by atoms with Crippen LogP contribution in [0.4, 0.5) is 0 Å². The highest BCUT2D eigenvalue weighted by molar-refractivity contribution is 7.87. The van der Waals surface area contributed by atoms with Crippen LogP contribution in [0.5, 0.6) is 17.2 Å². The van der Waals surface area contributed by atoms with Crippen molar-refractivity contribution in [2.24, 2.45) is 0 Å². The van der Waals surface area contributed by atoms with Crippen LogP contribution in [-0.4, -0.2) is 27.4 Å². The van der Waals surface area contributed by atoms with E-state index in [9.17, 15) is 13.2 Å². The lowest BCUT2D eigenvalue weighted by Gasteiger charge is -2.18. The van der Waals surface area contributed by atoms with Crippen LogP contribution in [0, 0.1) is 0 Å². The fourth-order valence-corrected chi connectivity index (χ4v) is 3.33. The number of hydrogen-bond donors (Lipinski definition) is 0. The maximum atomic E-state index is 12.4. The van der Waals surface area contributed by atoms with E-state index in [1.54, 1.807) is 30.3 Å². The number of carbonyl (C=O) groups is 1. The first-order chi connectivity index (χ1) is 11.9. The minimum Gasteiger partial charge on any atom is -0.486 e. The van der Waals surface area contributed by atoms with E-state index in [4.69, 9.17) is 13.7 Å². The number of rotatable bonds is 6. The summed E-state index contributed by atoms with van der Waals surface area (Å²) >= 11 is 0. The summed E-state index contributed by atoms with van der Waals surface area (Å²) < 4.78 is 40.8. The van der Waals surface area contributed by atoms with Crippen molar-refractivity contribution in [3.63, 3.8) is 0 Å². The molecule has 2 aromatic carbocycles. The lowest BCUT2D eigenvalue weighted by atomic mass is 10.1. The Labute approximate surface area is 146 Å². The van der Waals surface area contributed by atoms with Crippen LogP contribution in [-0.2, 0) is 21.3 Å². The standard InChI is InChI=1S/C18H18O6S/c1-13(19)2-3-14-4-6-15(7-5-14)24-25(20,21)16-8-9-17-18(12-16)23-11-10-22-17/h4-9,12H,2-3,10-11H2,1H3. The number of fused-ring (bicyclic) bond motifs is 1. The third-order valence-electron chi connectivity index (χ3n) is 3.70. The average Bonchev–Trinajstić information content (AvgIpc) is 2.60. The van der Waals surface area contributed by atoms with E-state index in [2.05, 4.69) is 0 Å². The lowest BCUT2D eigenvalue weighted by Crippen LogP contribution is -2.16. The molecule has 3 rings (SSSR count). The molecule has 0 aliphatic carbocycles. The zero-order chi connectivity index (χ0) is 17.9. The quantitative estimate of drug-likeness (QED) is 0.735. The number of ether oxygens (including phenoxy) is 2. The number of ketones is 1. The summed E-state index contributed by atoms with van der Waals surface area (Å²) in [5.41, 5.74) is 0.944. The van der Waals surface area contributed by atoms with Crippen molar-refractivity contribution in [3.8, 4) is 17.2 Å². The molecule has 0 atom stereocenters. The van der Waals surface area contributed by atoms with Gasteiger partial charge in [-0.2, -0.15) is 8.42 Å². The Morgan fingerprint density at radius 1 is 1.04 bits per heavy atom. The van der Waals surface area contributed by atoms with Gasteiger partial charge in [0.25, 0.3) is 0 Å². The highest BCUT2D eigenvalue weighted by atomic mass is 32.2. The summed E-state index contributed by atoms with van der Waals surface area (Å²) in [4.78, 5) is 11.0. The fourth-order valence-electron chi connectivity index (χ4n) is 2.39. The molecular weight excluding hydrogens is 344 g/mol. The molecule has 6 nitrogen and oxygen atoms in total. The molecule has 25 heavy (non-hydrogen) atoms. The molecule has 0 saturated heterocycles. The largest absolute Gasteiger partial charge is 0.486 e. The van der Waals surface area contributed by atoms with Crippen LogP contribution >= 0.6 is 0 Å². The third-order valence-corrected chi connectivity index (χ3v) is 4.94. The van der Waals surface area contributed by atoms with E-state index in [0.29, 0.717) is 37.6 Å². The topological polar surface area (TPSA) is 78.9 Å². The van der Waals surface area contributed by atoms with Gasteiger partial charge in [0.2, 0.25) is 0 Å². The molecular formula is C18H18O6S. The Bertz CT molecular complexity index is 871. The van der Waals surface area contributed by atoms with Crippen LogP contribution in [0.3, 0.4) is 0 Å². The number of benzene rings is 2. The normalized spacial score (nSPS) is 13.3. The molecule has 0 N–H and O–H groups in total. The van der Waals surface area contributed by atoms with Gasteiger partial charge in [0.1, 0.15) is 29.6 Å². The maximum Gasteiger partial charge on any atom is 0.339 e. The Kier molecular flexibility index (Phi) is 4.94. The third kappa shape index (κ3) is 4.30.